The molecular weight excluding hydrogens is 515 g/mol. The van der Waals surface area contributed by atoms with Gasteiger partial charge in [-0.05, 0) is 32.9 Å². The first-order valence-corrected chi connectivity index (χ1v) is 12.3. The summed E-state index contributed by atoms with van der Waals surface area (Å²) >= 11 is 0. The third-order valence-electron chi connectivity index (χ3n) is 7.61. The second-order valence-corrected chi connectivity index (χ2v) is 10.7. The number of carbonyl (C=O) groups is 4. The molecule has 0 aliphatic heterocycles. The van der Waals surface area contributed by atoms with E-state index >= 15 is 4.39 Å². The third-order valence-corrected chi connectivity index (χ3v) is 7.61. The van der Waals surface area contributed by atoms with Crippen LogP contribution >= 0.6 is 0 Å². The number of allylic oxidation sites excluding steroid dienone is 1. The van der Waals surface area contributed by atoms with Crippen LogP contribution in [-0.2, 0) is 20.8 Å². The molecule has 4 atom stereocenters. The number of aromatic hydroxyl groups is 1. The zero-order valence-corrected chi connectivity index (χ0v) is 21.8. The van der Waals surface area contributed by atoms with E-state index in [-0.39, 0.29) is 36.7 Å². The number of nitrogens with zero attached hydrogens (tertiary/aromatic N) is 1. The highest BCUT2D eigenvalue weighted by Crippen LogP contribution is 2.53. The zero-order chi connectivity index (χ0) is 29.1. The van der Waals surface area contributed by atoms with Gasteiger partial charge in [-0.25, -0.2) is 4.39 Å². The lowest BCUT2D eigenvalue weighted by Gasteiger charge is -2.50. The average Bonchev–Trinajstić information content (AvgIpc) is 2.82. The molecule has 13 heteroatoms. The van der Waals surface area contributed by atoms with E-state index in [9.17, 15) is 39.6 Å². The number of hydrogen-bond acceptors (Lipinski definition) is 10. The van der Waals surface area contributed by atoms with Crippen molar-refractivity contribution in [3.63, 3.8) is 0 Å². The van der Waals surface area contributed by atoms with E-state index < -0.39 is 86.7 Å². The van der Waals surface area contributed by atoms with E-state index in [0.717, 1.165) is 6.07 Å². The van der Waals surface area contributed by atoms with Gasteiger partial charge >= 0.3 is 0 Å². The molecule has 0 spiro atoms. The Balaban J connectivity index is 1.84. The lowest BCUT2D eigenvalue weighted by atomic mass is 9.58. The van der Waals surface area contributed by atoms with Crippen molar-refractivity contribution < 1.29 is 44.0 Å². The summed E-state index contributed by atoms with van der Waals surface area (Å²) < 4.78 is 15.3. The number of phenolic OH excluding ortho intramolecular Hbond substituents is 1. The summed E-state index contributed by atoms with van der Waals surface area (Å²) in [5.74, 6) is -9.84. The van der Waals surface area contributed by atoms with Crippen molar-refractivity contribution in [1.82, 2.24) is 10.2 Å². The van der Waals surface area contributed by atoms with Gasteiger partial charge in [0.2, 0.25) is 11.7 Å². The number of rotatable bonds is 6. The van der Waals surface area contributed by atoms with Crippen LogP contribution < -0.4 is 16.4 Å². The summed E-state index contributed by atoms with van der Waals surface area (Å²) in [6.07, 6.45) is -0.359. The molecule has 0 saturated heterocycles. The van der Waals surface area contributed by atoms with E-state index in [2.05, 4.69) is 10.6 Å². The van der Waals surface area contributed by atoms with Crippen molar-refractivity contribution in [3.8, 4) is 5.75 Å². The molecule has 3 aliphatic rings. The number of benzene rings is 1. The van der Waals surface area contributed by atoms with E-state index in [1.807, 2.05) is 13.8 Å². The van der Waals surface area contributed by atoms with Crippen LogP contribution in [0.3, 0.4) is 0 Å². The number of aliphatic hydroxyl groups excluding tert-OH is 2. The van der Waals surface area contributed by atoms with Crippen LogP contribution in [0.2, 0.25) is 0 Å². The average molecular weight is 547 g/mol. The van der Waals surface area contributed by atoms with Gasteiger partial charge in [-0.15, -0.1) is 0 Å². The van der Waals surface area contributed by atoms with Crippen LogP contribution in [0, 0.1) is 17.7 Å². The zero-order valence-electron chi connectivity index (χ0n) is 21.8. The summed E-state index contributed by atoms with van der Waals surface area (Å²) in [5.41, 5.74) is 0.108. The largest absolute Gasteiger partial charge is 0.510 e. The number of aliphatic hydroxyl groups is 3. The molecule has 12 nitrogen and oxygen atoms in total. The van der Waals surface area contributed by atoms with Gasteiger partial charge in [0.25, 0.3) is 5.91 Å². The number of fused-ring (bicyclic) bond motifs is 3. The van der Waals surface area contributed by atoms with Crippen molar-refractivity contribution in [2.24, 2.45) is 17.6 Å². The standard InChI is InChI=1S/C26H31FN4O8/c1-9(2)29-8-15(32)30-14-7-13(27)11-5-10-6-12-19(31(3)4)22(35)18(25(28)38)24(37)26(12,39)23(36)16(10)21(34)17(11)20(14)33/h7,9-10,12,19,29,33,35-36,39H,5-6,8H2,1-4H3,(H2,28,38)(H,30,32)/t10-,12-,19-,26-/m0/s1. The highest BCUT2D eigenvalue weighted by molar-refractivity contribution is 6.25. The number of anilines is 1. The molecule has 2 amide bonds. The molecule has 4 rings (SSSR count). The van der Waals surface area contributed by atoms with Crippen molar-refractivity contribution >= 4 is 29.1 Å². The molecule has 0 fully saturated rings. The summed E-state index contributed by atoms with van der Waals surface area (Å²) in [4.78, 5) is 52.7. The van der Waals surface area contributed by atoms with Crippen LogP contribution in [0.4, 0.5) is 10.1 Å². The molecule has 1 aromatic rings. The maximum absolute atomic E-state index is 15.3. The molecular formula is C26H31FN4O8. The van der Waals surface area contributed by atoms with E-state index in [4.69, 9.17) is 5.73 Å². The molecule has 1 aromatic carbocycles. The van der Waals surface area contributed by atoms with Gasteiger partial charge in [0, 0.05) is 29.2 Å². The Hall–Kier alpha value is -3.81. The van der Waals surface area contributed by atoms with Crippen LogP contribution in [0.1, 0.15) is 36.2 Å². The fourth-order valence-electron chi connectivity index (χ4n) is 5.86. The van der Waals surface area contributed by atoms with Gasteiger partial charge < -0.3 is 36.8 Å². The molecule has 0 heterocycles. The molecule has 8 N–H and O–H groups in total. The van der Waals surface area contributed by atoms with Gasteiger partial charge in [0.15, 0.2) is 17.1 Å². The summed E-state index contributed by atoms with van der Waals surface area (Å²) in [7, 11) is 3.02. The summed E-state index contributed by atoms with van der Waals surface area (Å²) in [6, 6.07) is -0.283. The van der Waals surface area contributed by atoms with E-state index in [0.29, 0.717) is 0 Å². The number of phenols is 1. The number of Topliss-reactive ketones (excluding diaryl/α,β-unsaturated/α-hetero) is 2. The summed E-state index contributed by atoms with van der Waals surface area (Å²) in [6.45, 7) is 3.47. The normalized spacial score (nSPS) is 26.5. The van der Waals surface area contributed by atoms with Crippen LogP contribution in [-0.4, -0.2) is 87.0 Å². The SMILES string of the molecule is CC(C)NCC(=O)Nc1cc(F)c2c(c1O)C(=O)C1=C(O)[C@]3(O)C(=O)C(C(N)=O)=C(O)[C@@H](N(C)C)[C@@H]3C[C@@H]1C2. The predicted molar refractivity (Wildman–Crippen MR) is 135 cm³/mol. The third kappa shape index (κ3) is 4.26. The van der Waals surface area contributed by atoms with Crippen molar-refractivity contribution in [3.05, 3.63) is 45.7 Å². The minimum absolute atomic E-state index is 0.0274. The Morgan fingerprint density at radius 2 is 1.87 bits per heavy atom. The smallest absolute Gasteiger partial charge is 0.255 e. The Bertz CT molecular complexity index is 1370. The van der Waals surface area contributed by atoms with Gasteiger partial charge in [-0.1, -0.05) is 13.8 Å². The number of hydrogen-bond donors (Lipinski definition) is 7. The van der Waals surface area contributed by atoms with Gasteiger partial charge in [-0.2, -0.15) is 0 Å². The molecule has 39 heavy (non-hydrogen) atoms. The summed E-state index contributed by atoms with van der Waals surface area (Å²) in [5, 5.41) is 49.7. The first-order valence-electron chi connectivity index (χ1n) is 12.3. The van der Waals surface area contributed by atoms with Crippen molar-refractivity contribution in [2.75, 3.05) is 26.0 Å². The number of likely N-dealkylation sites (N-methyl/N-ethyl adjacent to an activating group) is 1. The number of amides is 2. The molecule has 0 aromatic heterocycles. The Labute approximate surface area is 223 Å². The minimum atomic E-state index is -2.80. The molecule has 0 unspecified atom stereocenters. The highest BCUT2D eigenvalue weighted by Gasteiger charge is 2.63. The first-order chi connectivity index (χ1) is 18.1. The van der Waals surface area contributed by atoms with Crippen molar-refractivity contribution in [2.45, 2.75) is 44.4 Å². The van der Waals surface area contributed by atoms with Crippen LogP contribution in [0.15, 0.2) is 28.7 Å². The Morgan fingerprint density at radius 3 is 2.44 bits per heavy atom. The molecule has 3 aliphatic carbocycles. The predicted octanol–water partition coefficient (Wildman–Crippen LogP) is 0.196. The number of primary amides is 1. The number of nitrogens with one attached hydrogen (secondary N) is 2. The van der Waals surface area contributed by atoms with Crippen LogP contribution in [0.25, 0.3) is 0 Å². The number of halogens is 1. The molecule has 0 bridgehead atoms. The molecule has 210 valence electrons. The fourth-order valence-corrected chi connectivity index (χ4v) is 5.86. The van der Waals surface area contributed by atoms with Gasteiger partial charge in [0.1, 0.15) is 22.9 Å². The second kappa shape index (κ2) is 9.74. The number of ketones is 2. The number of nitrogens with two attached hydrogens (primary N) is 1. The molecule has 0 radical (unpaired) electrons. The maximum Gasteiger partial charge on any atom is 0.255 e. The minimum Gasteiger partial charge on any atom is -0.510 e. The Kier molecular flexibility index (Phi) is 7.04. The van der Waals surface area contributed by atoms with E-state index in [1.54, 1.807) is 0 Å². The second-order valence-electron chi connectivity index (χ2n) is 10.7. The van der Waals surface area contributed by atoms with Gasteiger partial charge in [0.05, 0.1) is 23.8 Å². The first kappa shape index (κ1) is 28.2. The quantitative estimate of drug-likeness (QED) is 0.191. The lowest BCUT2D eigenvalue weighted by Crippen LogP contribution is -2.63. The topological polar surface area (TPSA) is 203 Å². The lowest BCUT2D eigenvalue weighted by molar-refractivity contribution is -0.148. The number of carbonyl (C=O) groups excluding carboxylic acids is 4. The maximum atomic E-state index is 15.3. The van der Waals surface area contributed by atoms with Crippen LogP contribution in [0.5, 0.6) is 5.75 Å². The molecule has 0 saturated carbocycles. The van der Waals surface area contributed by atoms with E-state index in [1.165, 1.54) is 19.0 Å². The Morgan fingerprint density at radius 1 is 1.23 bits per heavy atom. The fraction of sp³-hybridized carbons (Fsp3) is 0.462. The highest BCUT2D eigenvalue weighted by atomic mass is 19.1. The monoisotopic (exact) mass is 546 g/mol. The van der Waals surface area contributed by atoms with Crippen molar-refractivity contribution in [1.29, 1.82) is 0 Å². The van der Waals surface area contributed by atoms with Gasteiger partial charge in [-0.3, -0.25) is 24.1 Å².